The summed E-state index contributed by atoms with van der Waals surface area (Å²) in [5.41, 5.74) is 1.13. The van der Waals surface area contributed by atoms with E-state index in [0.717, 1.165) is 4.47 Å². The SMILES string of the molecule is CCOc1ccc(C(O)=C2C(=O)C(=O)N(c3ccc(Br)cn3)[C@@H]2c2ccccc2)cc1. The molecule has 4 rings (SSSR count). The second-order valence-electron chi connectivity index (χ2n) is 6.87. The maximum Gasteiger partial charge on any atom is 0.301 e. The van der Waals surface area contributed by atoms with Crippen LogP contribution in [0.5, 0.6) is 5.75 Å². The smallest absolute Gasteiger partial charge is 0.301 e. The van der Waals surface area contributed by atoms with Crippen LogP contribution in [-0.4, -0.2) is 28.4 Å². The van der Waals surface area contributed by atoms with Crippen LogP contribution in [-0.2, 0) is 9.59 Å². The standard InChI is InChI=1S/C24H19BrN2O4/c1-2-31-18-11-8-16(9-12-18)22(28)20-21(15-6-4-3-5-7-15)27(24(30)23(20)29)19-13-10-17(25)14-26-19/h3-14,21,28H,2H2,1H3/t21-/m1/s1. The molecule has 0 aliphatic carbocycles. The maximum atomic E-state index is 13.1. The van der Waals surface area contributed by atoms with Gasteiger partial charge in [0.1, 0.15) is 17.3 Å². The number of benzene rings is 2. The number of amides is 1. The Morgan fingerprint density at radius 1 is 1.06 bits per heavy atom. The number of nitrogens with zero attached hydrogens (tertiary/aromatic N) is 2. The lowest BCUT2D eigenvalue weighted by atomic mass is 9.95. The third kappa shape index (κ3) is 3.96. The van der Waals surface area contributed by atoms with Crippen LogP contribution < -0.4 is 9.64 Å². The fraction of sp³-hybridized carbons (Fsp3) is 0.125. The Morgan fingerprint density at radius 2 is 1.77 bits per heavy atom. The van der Waals surface area contributed by atoms with Crippen molar-refractivity contribution in [2.75, 3.05) is 11.5 Å². The quantitative estimate of drug-likeness (QED) is 0.321. The molecule has 0 radical (unpaired) electrons. The van der Waals surface area contributed by atoms with Crippen LogP contribution in [0.15, 0.2) is 83.0 Å². The second-order valence-corrected chi connectivity index (χ2v) is 7.79. The molecular formula is C24H19BrN2O4. The number of hydrogen-bond acceptors (Lipinski definition) is 5. The van der Waals surface area contributed by atoms with Gasteiger partial charge < -0.3 is 9.84 Å². The number of pyridine rings is 1. The average Bonchev–Trinajstić information content (AvgIpc) is 3.06. The summed E-state index contributed by atoms with van der Waals surface area (Å²) < 4.78 is 6.19. The molecule has 1 saturated heterocycles. The Bertz CT molecular complexity index is 1140. The number of rotatable bonds is 5. The lowest BCUT2D eigenvalue weighted by molar-refractivity contribution is -0.132. The van der Waals surface area contributed by atoms with Gasteiger partial charge in [0.05, 0.1) is 18.2 Å². The Kier molecular flexibility index (Phi) is 5.86. The number of ether oxygens (including phenoxy) is 1. The maximum absolute atomic E-state index is 13.1. The van der Waals surface area contributed by atoms with E-state index in [0.29, 0.717) is 29.3 Å². The first-order chi connectivity index (χ1) is 15.0. The van der Waals surface area contributed by atoms with Crippen LogP contribution in [0.4, 0.5) is 5.82 Å². The van der Waals surface area contributed by atoms with Crippen molar-refractivity contribution in [2.24, 2.45) is 0 Å². The van der Waals surface area contributed by atoms with Crippen molar-refractivity contribution in [3.05, 3.63) is 94.1 Å². The molecule has 0 saturated carbocycles. The minimum atomic E-state index is -0.804. The van der Waals surface area contributed by atoms with Gasteiger partial charge in [0.25, 0.3) is 5.78 Å². The third-order valence-electron chi connectivity index (χ3n) is 4.96. The van der Waals surface area contributed by atoms with Crippen molar-refractivity contribution in [2.45, 2.75) is 13.0 Å². The summed E-state index contributed by atoms with van der Waals surface area (Å²) in [6, 6.07) is 18.5. The summed E-state index contributed by atoms with van der Waals surface area (Å²) in [6.45, 7) is 2.40. The highest BCUT2D eigenvalue weighted by Crippen LogP contribution is 2.41. The molecule has 1 N–H and O–H groups in total. The summed E-state index contributed by atoms with van der Waals surface area (Å²) in [5.74, 6) is -0.765. The molecule has 3 aromatic rings. The number of ketones is 1. The molecule has 0 bridgehead atoms. The Morgan fingerprint density at radius 3 is 2.39 bits per heavy atom. The molecule has 31 heavy (non-hydrogen) atoms. The lowest BCUT2D eigenvalue weighted by Gasteiger charge is -2.24. The summed E-state index contributed by atoms with van der Waals surface area (Å²) >= 11 is 3.33. The molecule has 2 heterocycles. The zero-order chi connectivity index (χ0) is 22.0. The number of hydrogen-bond donors (Lipinski definition) is 1. The Labute approximate surface area is 187 Å². The predicted octanol–water partition coefficient (Wildman–Crippen LogP) is 4.87. The average molecular weight is 479 g/mol. The van der Waals surface area contributed by atoms with Crippen LogP contribution in [0.2, 0.25) is 0 Å². The molecule has 1 aliphatic rings. The Hall–Kier alpha value is -3.45. The van der Waals surface area contributed by atoms with Crippen LogP contribution in [0.25, 0.3) is 5.76 Å². The number of Topliss-reactive ketones (excluding diaryl/α,β-unsaturated/α-hetero) is 1. The van der Waals surface area contributed by atoms with E-state index in [9.17, 15) is 14.7 Å². The molecule has 7 heteroatoms. The predicted molar refractivity (Wildman–Crippen MR) is 121 cm³/mol. The lowest BCUT2D eigenvalue weighted by Crippen LogP contribution is -2.30. The number of aromatic nitrogens is 1. The highest BCUT2D eigenvalue weighted by Gasteiger charge is 2.47. The van der Waals surface area contributed by atoms with E-state index >= 15 is 0 Å². The van der Waals surface area contributed by atoms with Gasteiger partial charge in [-0.2, -0.15) is 0 Å². The highest BCUT2D eigenvalue weighted by atomic mass is 79.9. The topological polar surface area (TPSA) is 79.7 Å². The van der Waals surface area contributed by atoms with Crippen LogP contribution in [0.1, 0.15) is 24.1 Å². The number of anilines is 1. The first kappa shape index (κ1) is 20.8. The second kappa shape index (κ2) is 8.73. The van der Waals surface area contributed by atoms with E-state index < -0.39 is 17.7 Å². The van der Waals surface area contributed by atoms with Gasteiger partial charge in [-0.05, 0) is 64.8 Å². The van der Waals surface area contributed by atoms with E-state index in [1.807, 2.05) is 37.3 Å². The molecule has 1 aliphatic heterocycles. The van der Waals surface area contributed by atoms with Crippen molar-refractivity contribution in [3.63, 3.8) is 0 Å². The number of halogens is 1. The van der Waals surface area contributed by atoms with Crippen molar-refractivity contribution >= 4 is 39.2 Å². The molecule has 1 aromatic heterocycles. The van der Waals surface area contributed by atoms with Crippen LogP contribution in [0, 0.1) is 0 Å². The van der Waals surface area contributed by atoms with Gasteiger partial charge in [-0.1, -0.05) is 30.3 Å². The van der Waals surface area contributed by atoms with E-state index in [2.05, 4.69) is 20.9 Å². The van der Waals surface area contributed by atoms with Gasteiger partial charge in [-0.3, -0.25) is 14.5 Å². The van der Waals surface area contributed by atoms with E-state index in [-0.39, 0.29) is 11.3 Å². The van der Waals surface area contributed by atoms with Crippen LogP contribution >= 0.6 is 15.9 Å². The van der Waals surface area contributed by atoms with Gasteiger partial charge in [0.2, 0.25) is 0 Å². The minimum absolute atomic E-state index is 0.0186. The minimum Gasteiger partial charge on any atom is -0.507 e. The van der Waals surface area contributed by atoms with Gasteiger partial charge in [-0.25, -0.2) is 4.98 Å². The normalized spacial score (nSPS) is 17.7. The Balaban J connectivity index is 1.87. The van der Waals surface area contributed by atoms with Crippen molar-refractivity contribution in [1.82, 2.24) is 4.98 Å². The molecule has 1 amide bonds. The molecule has 1 fully saturated rings. The first-order valence-corrected chi connectivity index (χ1v) is 10.5. The van der Waals surface area contributed by atoms with Gasteiger partial charge in [-0.15, -0.1) is 0 Å². The van der Waals surface area contributed by atoms with Crippen molar-refractivity contribution < 1.29 is 19.4 Å². The zero-order valence-electron chi connectivity index (χ0n) is 16.7. The fourth-order valence-electron chi connectivity index (χ4n) is 3.56. The van der Waals surface area contributed by atoms with Crippen molar-refractivity contribution in [3.8, 4) is 5.75 Å². The van der Waals surface area contributed by atoms with E-state index in [1.54, 1.807) is 42.6 Å². The van der Waals surface area contributed by atoms with Crippen LogP contribution in [0.3, 0.4) is 0 Å². The van der Waals surface area contributed by atoms with E-state index in [4.69, 9.17) is 4.74 Å². The number of carbonyl (C=O) groups excluding carboxylic acids is 2. The third-order valence-corrected chi connectivity index (χ3v) is 5.43. The summed E-state index contributed by atoms with van der Waals surface area (Å²) in [7, 11) is 0. The zero-order valence-corrected chi connectivity index (χ0v) is 18.2. The largest absolute Gasteiger partial charge is 0.507 e. The fourth-order valence-corrected chi connectivity index (χ4v) is 3.80. The molecular weight excluding hydrogens is 460 g/mol. The summed E-state index contributed by atoms with van der Waals surface area (Å²) in [5, 5.41) is 11.1. The molecule has 2 aromatic carbocycles. The monoisotopic (exact) mass is 478 g/mol. The van der Waals surface area contributed by atoms with Gasteiger partial charge in [0.15, 0.2) is 0 Å². The number of carbonyl (C=O) groups is 2. The molecule has 0 spiro atoms. The number of aliphatic hydroxyl groups excluding tert-OH is 1. The molecule has 0 unspecified atom stereocenters. The van der Waals surface area contributed by atoms with Crippen molar-refractivity contribution in [1.29, 1.82) is 0 Å². The molecule has 1 atom stereocenters. The molecule has 156 valence electrons. The highest BCUT2D eigenvalue weighted by molar-refractivity contribution is 9.10. The first-order valence-electron chi connectivity index (χ1n) is 9.72. The van der Waals surface area contributed by atoms with Gasteiger partial charge >= 0.3 is 5.91 Å². The summed E-state index contributed by atoms with van der Waals surface area (Å²) in [4.78, 5) is 31.7. The molecule has 6 nitrogen and oxygen atoms in total. The number of aliphatic hydroxyl groups is 1. The summed E-state index contributed by atoms with van der Waals surface area (Å²) in [6.07, 6.45) is 1.56. The van der Waals surface area contributed by atoms with Gasteiger partial charge in [0, 0.05) is 16.2 Å². The van der Waals surface area contributed by atoms with E-state index in [1.165, 1.54) is 4.90 Å².